The highest BCUT2D eigenvalue weighted by Gasteiger charge is 2.26. The van der Waals surface area contributed by atoms with Gasteiger partial charge in [-0.25, -0.2) is 8.78 Å². The molecule has 2 aromatic carbocycles. The second kappa shape index (κ2) is 9.28. The number of hydrogen-bond acceptors (Lipinski definition) is 4. The van der Waals surface area contributed by atoms with Gasteiger partial charge in [0.05, 0.1) is 23.0 Å². The fourth-order valence-corrected chi connectivity index (χ4v) is 5.65. The largest absolute Gasteiger partial charge is 0.369 e. The summed E-state index contributed by atoms with van der Waals surface area (Å²) in [6.07, 6.45) is 4.99. The summed E-state index contributed by atoms with van der Waals surface area (Å²) in [4.78, 5) is 9.14. The third-order valence-corrected chi connectivity index (χ3v) is 8.02. The maximum Gasteiger partial charge on any atom is 0.139 e. The third kappa shape index (κ3) is 4.05. The molecule has 1 aliphatic heterocycles. The molecule has 1 unspecified atom stereocenters. The first-order valence-electron chi connectivity index (χ1n) is 12.9. The van der Waals surface area contributed by atoms with Crippen LogP contribution in [0.25, 0.3) is 33.4 Å². The molecule has 1 aliphatic carbocycles. The predicted molar refractivity (Wildman–Crippen MR) is 140 cm³/mol. The molecule has 1 N–H and O–H groups in total. The zero-order chi connectivity index (χ0) is 24.8. The van der Waals surface area contributed by atoms with Gasteiger partial charge in [0.15, 0.2) is 0 Å². The molecule has 2 aliphatic rings. The topological polar surface area (TPSA) is 48.0 Å². The minimum Gasteiger partial charge on any atom is -0.369 e. The number of nitrogens with zero attached hydrogens (tertiary/aromatic N) is 4. The molecule has 0 amide bonds. The van der Waals surface area contributed by atoms with E-state index in [1.54, 1.807) is 12.3 Å². The van der Waals surface area contributed by atoms with Crippen molar-refractivity contribution < 1.29 is 8.78 Å². The van der Waals surface area contributed by atoms with Crippen molar-refractivity contribution >= 4 is 16.6 Å². The molecule has 7 heteroatoms. The van der Waals surface area contributed by atoms with Crippen molar-refractivity contribution in [3.8, 4) is 22.5 Å². The number of pyridine rings is 1. The number of H-pyrrole nitrogens is 1. The number of nitrogens with one attached hydrogen (secondary N) is 1. The van der Waals surface area contributed by atoms with Crippen molar-refractivity contribution in [3.05, 3.63) is 65.4 Å². The Bertz CT molecular complexity index is 1400. The van der Waals surface area contributed by atoms with Crippen LogP contribution in [0, 0.1) is 17.6 Å². The van der Waals surface area contributed by atoms with Crippen LogP contribution in [0.5, 0.6) is 0 Å². The van der Waals surface area contributed by atoms with E-state index in [9.17, 15) is 0 Å². The maximum atomic E-state index is 15.7. The van der Waals surface area contributed by atoms with Gasteiger partial charge in [-0.1, -0.05) is 25.5 Å². The Balaban J connectivity index is 1.36. The van der Waals surface area contributed by atoms with E-state index in [1.807, 2.05) is 0 Å². The highest BCUT2D eigenvalue weighted by Crippen LogP contribution is 2.37. The molecule has 3 heterocycles. The first kappa shape index (κ1) is 23.1. The molecule has 1 atom stereocenters. The van der Waals surface area contributed by atoms with Gasteiger partial charge < -0.3 is 9.80 Å². The number of hydrogen-bond donors (Lipinski definition) is 1. The molecule has 5 nitrogen and oxygen atoms in total. The summed E-state index contributed by atoms with van der Waals surface area (Å²) in [6.45, 7) is 6.25. The lowest BCUT2D eigenvalue weighted by atomic mass is 9.81. The monoisotopic (exact) mass is 487 g/mol. The number of anilines is 1. The zero-order valence-corrected chi connectivity index (χ0v) is 20.8. The Labute approximate surface area is 210 Å². The van der Waals surface area contributed by atoms with Crippen molar-refractivity contribution in [3.63, 3.8) is 0 Å². The minimum atomic E-state index is -0.547. The van der Waals surface area contributed by atoms with Crippen molar-refractivity contribution in [2.45, 2.75) is 32.6 Å². The van der Waals surface area contributed by atoms with E-state index in [1.165, 1.54) is 11.8 Å². The zero-order valence-electron chi connectivity index (χ0n) is 20.8. The molecule has 0 saturated carbocycles. The Morgan fingerprint density at radius 3 is 2.58 bits per heavy atom. The number of piperazine rings is 1. The summed E-state index contributed by atoms with van der Waals surface area (Å²) in [5, 5.41) is 8.34. The van der Waals surface area contributed by atoms with Crippen LogP contribution in [0.4, 0.5) is 14.5 Å². The van der Waals surface area contributed by atoms with Gasteiger partial charge in [-0.15, -0.1) is 0 Å². The number of fused-ring (bicyclic) bond motifs is 2. The number of aromatic nitrogens is 3. The maximum absolute atomic E-state index is 15.7. The smallest absolute Gasteiger partial charge is 0.139 e. The quantitative estimate of drug-likeness (QED) is 0.393. The molecule has 186 valence electrons. The van der Waals surface area contributed by atoms with Gasteiger partial charge >= 0.3 is 0 Å². The fourth-order valence-electron chi connectivity index (χ4n) is 5.65. The van der Waals surface area contributed by atoms with E-state index in [0.29, 0.717) is 23.6 Å². The van der Waals surface area contributed by atoms with E-state index in [4.69, 9.17) is 0 Å². The standard InChI is InChI=1S/C29H31F2N5/c1-3-18-4-5-20-15-24(30)27(28(31)22(20)14-18)25-16-23-26(17-32-25)33-34-29(23)19-6-8-21(9-7-19)36-12-10-35(2)11-13-36/h6-9,15-18H,3-5,10-14H2,1-2H3,(H,33,34). The Kier molecular flexibility index (Phi) is 5.96. The number of likely N-dealkylation sites (N-methyl/N-ethyl adjacent to an activating group) is 1. The minimum absolute atomic E-state index is 0.0371. The lowest BCUT2D eigenvalue weighted by Gasteiger charge is -2.34. The SMILES string of the molecule is CCC1CCc2cc(F)c(-c3cc4c(-c5ccc(N6CCN(C)CC6)cc5)n[nH]c4cn3)c(F)c2C1. The predicted octanol–water partition coefficient (Wildman–Crippen LogP) is 5.84. The first-order valence-corrected chi connectivity index (χ1v) is 12.9. The van der Waals surface area contributed by atoms with Gasteiger partial charge in [-0.05, 0) is 67.6 Å². The number of benzene rings is 2. The normalized spacial score (nSPS) is 18.6. The highest BCUT2D eigenvalue weighted by molar-refractivity contribution is 5.94. The van der Waals surface area contributed by atoms with Gasteiger partial charge in [-0.3, -0.25) is 10.1 Å². The van der Waals surface area contributed by atoms with Crippen molar-refractivity contribution in [1.29, 1.82) is 0 Å². The Morgan fingerprint density at radius 2 is 1.83 bits per heavy atom. The van der Waals surface area contributed by atoms with Crippen LogP contribution >= 0.6 is 0 Å². The van der Waals surface area contributed by atoms with Gasteiger partial charge in [0.2, 0.25) is 0 Å². The van der Waals surface area contributed by atoms with Crippen LogP contribution in [0.1, 0.15) is 30.9 Å². The molecule has 1 fully saturated rings. The van der Waals surface area contributed by atoms with Gasteiger partial charge in [0, 0.05) is 42.8 Å². The second-order valence-electron chi connectivity index (χ2n) is 10.2. The fraction of sp³-hybridized carbons (Fsp3) is 0.379. The van der Waals surface area contributed by atoms with E-state index in [-0.39, 0.29) is 5.56 Å². The van der Waals surface area contributed by atoms with Crippen LogP contribution in [0.2, 0.25) is 0 Å². The lowest BCUT2D eigenvalue weighted by Crippen LogP contribution is -2.44. The summed E-state index contributed by atoms with van der Waals surface area (Å²) >= 11 is 0. The second-order valence-corrected chi connectivity index (χ2v) is 10.2. The summed E-state index contributed by atoms with van der Waals surface area (Å²) in [5.74, 6) is -0.568. The number of aryl methyl sites for hydroxylation is 1. The van der Waals surface area contributed by atoms with E-state index >= 15 is 8.78 Å². The molecular weight excluding hydrogens is 456 g/mol. The molecule has 6 rings (SSSR count). The summed E-state index contributed by atoms with van der Waals surface area (Å²) in [5.41, 5.74) is 5.35. The lowest BCUT2D eigenvalue weighted by molar-refractivity contribution is 0.313. The van der Waals surface area contributed by atoms with E-state index < -0.39 is 11.6 Å². The number of halogens is 2. The van der Waals surface area contributed by atoms with Gasteiger partial charge in [-0.2, -0.15) is 5.10 Å². The Morgan fingerprint density at radius 1 is 1.06 bits per heavy atom. The Hall–Kier alpha value is -3.32. The van der Waals surface area contributed by atoms with Crippen molar-refractivity contribution in [1.82, 2.24) is 20.1 Å². The van der Waals surface area contributed by atoms with E-state index in [0.717, 1.165) is 73.2 Å². The average Bonchev–Trinajstić information content (AvgIpc) is 3.32. The van der Waals surface area contributed by atoms with Crippen LogP contribution < -0.4 is 4.90 Å². The number of aromatic amines is 1. The van der Waals surface area contributed by atoms with Crippen LogP contribution in [-0.2, 0) is 12.8 Å². The molecule has 0 bridgehead atoms. The van der Waals surface area contributed by atoms with Crippen LogP contribution in [0.3, 0.4) is 0 Å². The first-order chi connectivity index (χ1) is 17.5. The third-order valence-electron chi connectivity index (χ3n) is 8.02. The van der Waals surface area contributed by atoms with Gasteiger partial charge in [0.25, 0.3) is 0 Å². The molecule has 2 aromatic heterocycles. The molecule has 0 radical (unpaired) electrons. The van der Waals surface area contributed by atoms with Crippen LogP contribution in [-0.4, -0.2) is 53.3 Å². The van der Waals surface area contributed by atoms with Crippen molar-refractivity contribution in [2.24, 2.45) is 5.92 Å². The molecule has 4 aromatic rings. The molecule has 1 saturated heterocycles. The summed E-state index contributed by atoms with van der Waals surface area (Å²) in [7, 11) is 2.15. The molecular formula is C29H31F2N5. The molecule has 36 heavy (non-hydrogen) atoms. The highest BCUT2D eigenvalue weighted by atomic mass is 19.1. The summed E-state index contributed by atoms with van der Waals surface area (Å²) < 4.78 is 30.9. The summed E-state index contributed by atoms with van der Waals surface area (Å²) in [6, 6.07) is 11.6. The molecule has 0 spiro atoms. The van der Waals surface area contributed by atoms with Crippen molar-refractivity contribution in [2.75, 3.05) is 38.1 Å². The van der Waals surface area contributed by atoms with Gasteiger partial charge in [0.1, 0.15) is 17.3 Å². The van der Waals surface area contributed by atoms with Crippen LogP contribution in [0.15, 0.2) is 42.6 Å². The average molecular weight is 488 g/mol. The number of rotatable bonds is 4. The van der Waals surface area contributed by atoms with E-state index in [2.05, 4.69) is 63.2 Å².